The number of imide groups is 1. The van der Waals surface area contributed by atoms with E-state index in [2.05, 4.69) is 0 Å². The van der Waals surface area contributed by atoms with E-state index in [4.69, 9.17) is 0 Å². The molecule has 0 N–H and O–H groups in total. The van der Waals surface area contributed by atoms with Crippen molar-refractivity contribution in [1.82, 2.24) is 0 Å². The van der Waals surface area contributed by atoms with Gasteiger partial charge in [-0.25, -0.2) is 4.90 Å². The summed E-state index contributed by atoms with van der Waals surface area (Å²) in [6, 6.07) is 3.04. The minimum Gasteiger partial charge on any atom is -0.274 e. The molecule has 1 aliphatic heterocycles. The van der Waals surface area contributed by atoms with Gasteiger partial charge in [0, 0.05) is 6.07 Å². The van der Waals surface area contributed by atoms with Gasteiger partial charge in [0.2, 0.25) is 11.8 Å². The van der Waals surface area contributed by atoms with Gasteiger partial charge in [-0.3, -0.25) is 19.7 Å². The Hall–Kier alpha value is -2.50. The Morgan fingerprint density at radius 2 is 1.50 bits per heavy atom. The van der Waals surface area contributed by atoms with Crippen LogP contribution in [0.3, 0.4) is 0 Å². The number of aryl methyl sites for hydroxylation is 2. The molecular weight excluding hydrogens is 308 g/mol. The molecule has 1 saturated heterocycles. The van der Waals surface area contributed by atoms with E-state index in [9.17, 15) is 19.7 Å². The highest BCUT2D eigenvalue weighted by molar-refractivity contribution is 6.23. The SMILES string of the molecule is Cc1cc(N2C(=O)[C@@H]3[C@H](C2=O)[C@@H]2C=C[C@H]3CC2)c([N+](=O)[O-])cc1C. The second kappa shape index (κ2) is 5.00. The Kier molecular flexibility index (Phi) is 3.13. The molecule has 3 aliphatic carbocycles. The van der Waals surface area contributed by atoms with Crippen LogP contribution in [0.2, 0.25) is 0 Å². The quantitative estimate of drug-likeness (QED) is 0.362. The summed E-state index contributed by atoms with van der Waals surface area (Å²) < 4.78 is 0. The molecule has 1 aromatic carbocycles. The van der Waals surface area contributed by atoms with Crippen LogP contribution in [0.5, 0.6) is 0 Å². The Balaban J connectivity index is 1.84. The molecule has 2 amide bonds. The number of amides is 2. The van der Waals surface area contributed by atoms with Crippen molar-refractivity contribution in [1.29, 1.82) is 0 Å². The fraction of sp³-hybridized carbons (Fsp3) is 0.444. The highest BCUT2D eigenvalue weighted by Crippen LogP contribution is 2.51. The minimum atomic E-state index is -0.517. The first-order valence-corrected chi connectivity index (χ1v) is 8.22. The Bertz CT molecular complexity index is 781. The molecule has 5 rings (SSSR count). The predicted octanol–water partition coefficient (Wildman–Crippen LogP) is 2.91. The van der Waals surface area contributed by atoms with E-state index in [1.165, 1.54) is 6.07 Å². The topological polar surface area (TPSA) is 80.5 Å². The molecule has 1 saturated carbocycles. The number of fused-ring (bicyclic) bond motifs is 1. The molecule has 0 aromatic heterocycles. The number of carbonyl (C=O) groups excluding carboxylic acids is 2. The molecule has 4 atom stereocenters. The summed E-state index contributed by atoms with van der Waals surface area (Å²) in [5.41, 5.74) is 1.53. The van der Waals surface area contributed by atoms with Crippen LogP contribution in [-0.4, -0.2) is 16.7 Å². The maximum atomic E-state index is 13.0. The third-order valence-corrected chi connectivity index (χ3v) is 5.79. The summed E-state index contributed by atoms with van der Waals surface area (Å²) in [6.07, 6.45) is 5.89. The molecule has 0 spiro atoms. The van der Waals surface area contributed by atoms with Gasteiger partial charge in [-0.15, -0.1) is 0 Å². The summed E-state index contributed by atoms with van der Waals surface area (Å²) in [4.78, 5) is 37.9. The number of hydrogen-bond acceptors (Lipinski definition) is 4. The molecule has 2 fully saturated rings. The molecule has 24 heavy (non-hydrogen) atoms. The van der Waals surface area contributed by atoms with Crippen LogP contribution < -0.4 is 4.90 Å². The number of allylic oxidation sites excluding steroid dienone is 2. The van der Waals surface area contributed by atoms with Crippen molar-refractivity contribution in [2.24, 2.45) is 23.7 Å². The normalized spacial score (nSPS) is 30.8. The van der Waals surface area contributed by atoms with Crippen molar-refractivity contribution in [2.45, 2.75) is 26.7 Å². The van der Waals surface area contributed by atoms with Crippen molar-refractivity contribution in [3.63, 3.8) is 0 Å². The number of anilines is 1. The van der Waals surface area contributed by atoms with Crippen LogP contribution in [0.25, 0.3) is 0 Å². The number of carbonyl (C=O) groups is 2. The first-order valence-electron chi connectivity index (χ1n) is 8.22. The molecule has 2 bridgehead atoms. The number of nitro groups is 1. The molecule has 0 unspecified atom stereocenters. The van der Waals surface area contributed by atoms with E-state index in [1.54, 1.807) is 13.0 Å². The second-order valence-electron chi connectivity index (χ2n) is 7.04. The average Bonchev–Trinajstić information content (AvgIpc) is 2.84. The maximum Gasteiger partial charge on any atom is 0.293 e. The summed E-state index contributed by atoms with van der Waals surface area (Å²) in [5, 5.41) is 11.5. The fourth-order valence-corrected chi connectivity index (χ4v) is 4.42. The standard InChI is InChI=1S/C18H18N2O4/c1-9-7-13(14(20(23)24)8-10(9)2)19-17(21)15-11-3-4-12(6-5-11)16(15)18(19)22/h3-4,7-8,11-12,15-16H,5-6H2,1-2H3/t11-,12+,15-,16+. The lowest BCUT2D eigenvalue weighted by atomic mass is 9.63. The third kappa shape index (κ3) is 1.89. The maximum absolute atomic E-state index is 13.0. The lowest BCUT2D eigenvalue weighted by Gasteiger charge is -2.38. The smallest absolute Gasteiger partial charge is 0.274 e. The van der Waals surface area contributed by atoms with Crippen LogP contribution in [0.1, 0.15) is 24.0 Å². The van der Waals surface area contributed by atoms with E-state index in [-0.39, 0.29) is 46.9 Å². The van der Waals surface area contributed by atoms with Gasteiger partial charge in [0.25, 0.3) is 5.69 Å². The molecule has 1 aromatic rings. The number of benzene rings is 1. The summed E-state index contributed by atoms with van der Waals surface area (Å²) >= 11 is 0. The van der Waals surface area contributed by atoms with Crippen molar-refractivity contribution in [3.8, 4) is 0 Å². The second-order valence-corrected chi connectivity index (χ2v) is 7.04. The molecule has 6 nitrogen and oxygen atoms in total. The van der Waals surface area contributed by atoms with Gasteiger partial charge in [0.05, 0.1) is 16.8 Å². The molecule has 6 heteroatoms. The van der Waals surface area contributed by atoms with Gasteiger partial charge in [0.1, 0.15) is 5.69 Å². The Morgan fingerprint density at radius 1 is 1.00 bits per heavy atom. The summed E-state index contributed by atoms with van der Waals surface area (Å²) in [6.45, 7) is 3.61. The van der Waals surface area contributed by atoms with E-state index < -0.39 is 4.92 Å². The molecule has 0 radical (unpaired) electrons. The zero-order valence-electron chi connectivity index (χ0n) is 13.6. The molecule has 4 aliphatic rings. The van der Waals surface area contributed by atoms with Gasteiger partial charge >= 0.3 is 0 Å². The summed E-state index contributed by atoms with van der Waals surface area (Å²) in [7, 11) is 0. The van der Waals surface area contributed by atoms with Gasteiger partial charge in [-0.2, -0.15) is 0 Å². The largest absolute Gasteiger partial charge is 0.293 e. The molecule has 124 valence electrons. The summed E-state index contributed by atoms with van der Waals surface area (Å²) in [5.74, 6) is -1.13. The van der Waals surface area contributed by atoms with Gasteiger partial charge < -0.3 is 0 Å². The van der Waals surface area contributed by atoms with E-state index >= 15 is 0 Å². The van der Waals surface area contributed by atoms with Crippen LogP contribution in [-0.2, 0) is 9.59 Å². The van der Waals surface area contributed by atoms with Crippen molar-refractivity contribution >= 4 is 23.2 Å². The third-order valence-electron chi connectivity index (χ3n) is 5.79. The average molecular weight is 326 g/mol. The van der Waals surface area contributed by atoms with Gasteiger partial charge in [0.15, 0.2) is 0 Å². The van der Waals surface area contributed by atoms with Crippen LogP contribution in [0.15, 0.2) is 24.3 Å². The fourth-order valence-electron chi connectivity index (χ4n) is 4.42. The van der Waals surface area contributed by atoms with Gasteiger partial charge in [-0.1, -0.05) is 12.2 Å². The predicted molar refractivity (Wildman–Crippen MR) is 87.4 cm³/mol. The minimum absolute atomic E-state index is 0.0760. The van der Waals surface area contributed by atoms with E-state index in [0.29, 0.717) is 0 Å². The highest BCUT2D eigenvalue weighted by Gasteiger charge is 2.57. The van der Waals surface area contributed by atoms with E-state index in [0.717, 1.165) is 28.9 Å². The van der Waals surface area contributed by atoms with Crippen molar-refractivity contribution in [2.75, 3.05) is 4.90 Å². The number of nitro benzene ring substituents is 1. The highest BCUT2D eigenvalue weighted by atomic mass is 16.6. The lowest BCUT2D eigenvalue weighted by Crippen LogP contribution is -2.38. The van der Waals surface area contributed by atoms with E-state index in [1.807, 2.05) is 19.1 Å². The number of hydrogen-bond donors (Lipinski definition) is 0. The number of nitrogens with zero attached hydrogens (tertiary/aromatic N) is 2. The zero-order valence-corrected chi connectivity index (χ0v) is 13.6. The first-order chi connectivity index (χ1) is 11.4. The lowest BCUT2D eigenvalue weighted by molar-refractivity contribution is -0.384. The monoisotopic (exact) mass is 326 g/mol. The van der Waals surface area contributed by atoms with Crippen molar-refractivity contribution < 1.29 is 14.5 Å². The zero-order chi connectivity index (χ0) is 17.2. The van der Waals surface area contributed by atoms with Crippen LogP contribution in [0.4, 0.5) is 11.4 Å². The van der Waals surface area contributed by atoms with Crippen LogP contribution in [0, 0.1) is 47.6 Å². The Morgan fingerprint density at radius 3 is 1.96 bits per heavy atom. The molecule has 1 heterocycles. The molecular formula is C18H18N2O4. The van der Waals surface area contributed by atoms with Crippen LogP contribution >= 0.6 is 0 Å². The van der Waals surface area contributed by atoms with Crippen molar-refractivity contribution in [3.05, 3.63) is 45.5 Å². The first kappa shape index (κ1) is 15.1. The van der Waals surface area contributed by atoms with Gasteiger partial charge in [-0.05, 0) is 55.7 Å². The number of rotatable bonds is 2. The Labute approximate surface area is 139 Å².